The molecule has 1 fully saturated rings. The van der Waals surface area contributed by atoms with Crippen LogP contribution in [0.3, 0.4) is 0 Å². The molecule has 114 valence electrons. The highest BCUT2D eigenvalue weighted by Gasteiger charge is 2.73. The molecule has 2 atom stereocenters. The average molecular weight is 307 g/mol. The monoisotopic (exact) mass is 307 g/mol. The van der Waals surface area contributed by atoms with Crippen LogP contribution in [0.25, 0.3) is 11.2 Å². The first-order valence-corrected chi connectivity index (χ1v) is 5.75. The van der Waals surface area contributed by atoms with Crippen LogP contribution in [0.5, 0.6) is 0 Å². The van der Waals surface area contributed by atoms with E-state index in [-0.39, 0.29) is 17.0 Å². The van der Waals surface area contributed by atoms with E-state index in [1.807, 2.05) is 0 Å². The predicted molar refractivity (Wildman–Crippen MR) is 60.6 cm³/mol. The van der Waals surface area contributed by atoms with Gasteiger partial charge in [-0.1, -0.05) is 0 Å². The Balaban J connectivity index is 2.13. The maximum atomic E-state index is 13.9. The topological polar surface area (TPSA) is 99.1 Å². The average Bonchev–Trinajstić information content (AvgIpc) is 2.90. The number of aliphatic hydroxyl groups excluding tert-OH is 1. The third-order valence-electron chi connectivity index (χ3n) is 3.26. The van der Waals surface area contributed by atoms with Crippen molar-refractivity contribution in [3.8, 4) is 0 Å². The number of halogens is 4. The number of imidazole rings is 1. The Morgan fingerprint density at radius 2 is 1.95 bits per heavy atom. The number of aromatic nitrogens is 4. The molecular formula is C10H9F4N5O2. The van der Waals surface area contributed by atoms with Crippen molar-refractivity contribution in [2.45, 2.75) is 24.2 Å². The molecule has 0 spiro atoms. The number of hydrogen-bond acceptors (Lipinski definition) is 6. The van der Waals surface area contributed by atoms with Crippen molar-refractivity contribution >= 4 is 17.0 Å². The van der Waals surface area contributed by atoms with E-state index in [0.29, 0.717) is 4.57 Å². The van der Waals surface area contributed by atoms with E-state index in [4.69, 9.17) is 10.8 Å². The summed E-state index contributed by atoms with van der Waals surface area (Å²) >= 11 is 0. The Labute approximate surface area is 114 Å². The van der Waals surface area contributed by atoms with Gasteiger partial charge in [-0.05, 0) is 0 Å². The Bertz CT molecular complexity index is 691. The fourth-order valence-corrected chi connectivity index (χ4v) is 2.15. The summed E-state index contributed by atoms with van der Waals surface area (Å²) in [6, 6.07) is 0. The Morgan fingerprint density at radius 3 is 2.57 bits per heavy atom. The molecule has 1 aliphatic heterocycles. The third-order valence-corrected chi connectivity index (χ3v) is 3.26. The number of aliphatic hydroxyl groups is 1. The molecule has 21 heavy (non-hydrogen) atoms. The van der Waals surface area contributed by atoms with E-state index in [1.165, 1.54) is 0 Å². The lowest BCUT2D eigenvalue weighted by Crippen LogP contribution is -2.46. The zero-order valence-electron chi connectivity index (χ0n) is 10.3. The molecular weight excluding hydrogens is 298 g/mol. The van der Waals surface area contributed by atoms with Crippen LogP contribution in [0.1, 0.15) is 6.23 Å². The molecule has 0 saturated carbocycles. The lowest BCUT2D eigenvalue weighted by molar-refractivity contribution is -0.209. The summed E-state index contributed by atoms with van der Waals surface area (Å²) < 4.78 is 60.2. The fraction of sp³-hybridized carbons (Fsp3) is 0.500. The third kappa shape index (κ3) is 1.70. The van der Waals surface area contributed by atoms with Gasteiger partial charge in [-0.25, -0.2) is 15.0 Å². The Morgan fingerprint density at radius 1 is 1.24 bits per heavy atom. The van der Waals surface area contributed by atoms with Gasteiger partial charge in [0.1, 0.15) is 11.8 Å². The standard InChI is InChI=1S/C10H9F4N5O2/c11-9(12)4(1-20)21-8(10(9,13)14)19-3-18-5-6(15)16-2-17-7(5)19/h2-4,8,20H,1H2,(H2,15,16,17)/t4-,8+/m1/s1. The van der Waals surface area contributed by atoms with E-state index in [0.717, 1.165) is 12.7 Å². The van der Waals surface area contributed by atoms with Gasteiger partial charge in [0.05, 0.1) is 12.9 Å². The molecule has 0 amide bonds. The van der Waals surface area contributed by atoms with Crippen LogP contribution in [-0.4, -0.2) is 49.2 Å². The van der Waals surface area contributed by atoms with Crippen molar-refractivity contribution in [3.63, 3.8) is 0 Å². The molecule has 2 aromatic rings. The van der Waals surface area contributed by atoms with Gasteiger partial charge in [0.25, 0.3) is 0 Å². The number of hydrogen-bond donors (Lipinski definition) is 2. The molecule has 0 aromatic carbocycles. The number of rotatable bonds is 2. The summed E-state index contributed by atoms with van der Waals surface area (Å²) in [6.45, 7) is -1.25. The highest BCUT2D eigenvalue weighted by molar-refractivity contribution is 5.81. The summed E-state index contributed by atoms with van der Waals surface area (Å²) in [5.41, 5.74) is 5.33. The second-order valence-corrected chi connectivity index (χ2v) is 4.49. The SMILES string of the molecule is Nc1ncnc2c1ncn2[C@H]1O[C@H](CO)C(F)(F)C1(F)F. The second kappa shape index (κ2) is 4.24. The van der Waals surface area contributed by atoms with Crippen molar-refractivity contribution in [2.24, 2.45) is 0 Å². The maximum absolute atomic E-state index is 13.9. The Hall–Kier alpha value is -2.01. The van der Waals surface area contributed by atoms with E-state index in [2.05, 4.69) is 19.7 Å². The largest absolute Gasteiger partial charge is 0.393 e. The smallest absolute Gasteiger partial charge is 0.356 e. The number of nitrogen functional groups attached to an aromatic ring is 1. The first kappa shape index (κ1) is 13.9. The van der Waals surface area contributed by atoms with Crippen LogP contribution in [0.15, 0.2) is 12.7 Å². The van der Waals surface area contributed by atoms with Gasteiger partial charge in [0, 0.05) is 0 Å². The molecule has 3 rings (SSSR count). The van der Waals surface area contributed by atoms with Gasteiger partial charge >= 0.3 is 11.8 Å². The molecule has 7 nitrogen and oxygen atoms in total. The first-order valence-electron chi connectivity index (χ1n) is 5.75. The van der Waals surface area contributed by atoms with E-state index >= 15 is 0 Å². The number of nitrogens with two attached hydrogens (primary N) is 1. The van der Waals surface area contributed by atoms with Crippen molar-refractivity contribution in [2.75, 3.05) is 12.3 Å². The minimum absolute atomic E-state index is 0.00679. The van der Waals surface area contributed by atoms with Crippen molar-refractivity contribution in [1.82, 2.24) is 19.5 Å². The van der Waals surface area contributed by atoms with E-state index in [1.54, 1.807) is 0 Å². The zero-order chi connectivity index (χ0) is 15.4. The van der Waals surface area contributed by atoms with Crippen molar-refractivity contribution < 1.29 is 27.4 Å². The number of ether oxygens (including phenoxy) is 1. The molecule has 1 saturated heterocycles. The predicted octanol–water partition coefficient (Wildman–Crippen LogP) is 0.569. The number of nitrogens with zero attached hydrogens (tertiary/aromatic N) is 4. The van der Waals surface area contributed by atoms with Crippen LogP contribution in [0, 0.1) is 0 Å². The second-order valence-electron chi connectivity index (χ2n) is 4.49. The van der Waals surface area contributed by atoms with Crippen LogP contribution < -0.4 is 5.73 Å². The maximum Gasteiger partial charge on any atom is 0.356 e. The first-order chi connectivity index (χ1) is 9.80. The minimum Gasteiger partial charge on any atom is -0.393 e. The molecule has 11 heteroatoms. The van der Waals surface area contributed by atoms with Gasteiger partial charge in [-0.2, -0.15) is 17.6 Å². The van der Waals surface area contributed by atoms with Gasteiger partial charge in [-0.3, -0.25) is 4.57 Å². The molecule has 3 heterocycles. The highest BCUT2D eigenvalue weighted by Crippen LogP contribution is 2.53. The molecule has 3 N–H and O–H groups in total. The molecule has 1 aliphatic rings. The molecule has 0 unspecified atom stereocenters. The number of anilines is 1. The lowest BCUT2D eigenvalue weighted by atomic mass is 10.1. The van der Waals surface area contributed by atoms with Crippen LogP contribution in [0.4, 0.5) is 23.4 Å². The summed E-state index contributed by atoms with van der Waals surface area (Å²) in [5, 5.41) is 8.80. The number of fused-ring (bicyclic) bond motifs is 1. The summed E-state index contributed by atoms with van der Waals surface area (Å²) in [4.78, 5) is 11.0. The van der Waals surface area contributed by atoms with Gasteiger partial charge in [-0.15, -0.1) is 0 Å². The molecule has 0 aliphatic carbocycles. The fourth-order valence-electron chi connectivity index (χ4n) is 2.15. The summed E-state index contributed by atoms with van der Waals surface area (Å²) in [7, 11) is 0. The minimum atomic E-state index is -4.55. The van der Waals surface area contributed by atoms with Crippen molar-refractivity contribution in [3.05, 3.63) is 12.7 Å². The van der Waals surface area contributed by atoms with Gasteiger partial charge in [0.15, 0.2) is 17.6 Å². The molecule has 0 bridgehead atoms. The highest BCUT2D eigenvalue weighted by atomic mass is 19.3. The number of alkyl halides is 4. The molecule has 2 aromatic heterocycles. The van der Waals surface area contributed by atoms with E-state index in [9.17, 15) is 17.6 Å². The quantitative estimate of drug-likeness (QED) is 0.787. The lowest BCUT2D eigenvalue weighted by Gasteiger charge is -2.23. The van der Waals surface area contributed by atoms with Crippen LogP contribution in [0.2, 0.25) is 0 Å². The summed E-state index contributed by atoms with van der Waals surface area (Å²) in [5.74, 6) is -9.15. The Kier molecular flexibility index (Phi) is 2.82. The normalized spacial score (nSPS) is 27.3. The zero-order valence-corrected chi connectivity index (χ0v) is 10.3. The van der Waals surface area contributed by atoms with Gasteiger partial charge in [0.2, 0.25) is 6.23 Å². The van der Waals surface area contributed by atoms with Gasteiger partial charge < -0.3 is 15.6 Å². The van der Waals surface area contributed by atoms with Crippen molar-refractivity contribution in [1.29, 1.82) is 0 Å². The van der Waals surface area contributed by atoms with Crippen LogP contribution in [-0.2, 0) is 4.74 Å². The van der Waals surface area contributed by atoms with Crippen LogP contribution >= 0.6 is 0 Å². The molecule has 0 radical (unpaired) electrons. The van der Waals surface area contributed by atoms with E-state index < -0.39 is 30.8 Å². The summed E-state index contributed by atoms with van der Waals surface area (Å²) in [6.07, 6.45) is -2.83.